The molecule has 1 N–H and O–H groups in total. The molecule has 0 aliphatic carbocycles. The summed E-state index contributed by atoms with van der Waals surface area (Å²) in [5.74, 6) is -2.50. The fourth-order valence-corrected chi connectivity index (χ4v) is 4.40. The number of likely N-dealkylation sites (N-methyl/N-ethyl adjacent to an activating group) is 1. The zero-order chi connectivity index (χ0) is 25.5. The van der Waals surface area contributed by atoms with Crippen molar-refractivity contribution < 1.29 is 19.1 Å². The summed E-state index contributed by atoms with van der Waals surface area (Å²) >= 11 is 0. The lowest BCUT2D eigenvalue weighted by Gasteiger charge is -2.27. The van der Waals surface area contributed by atoms with E-state index in [1.165, 1.54) is 12.0 Å². The zero-order valence-electron chi connectivity index (χ0n) is 20.7. The lowest BCUT2D eigenvalue weighted by atomic mass is 9.82. The molecule has 1 aliphatic heterocycles. The van der Waals surface area contributed by atoms with Gasteiger partial charge < -0.3 is 15.0 Å². The Kier molecular flexibility index (Phi) is 8.58. The van der Waals surface area contributed by atoms with Crippen molar-refractivity contribution >= 4 is 29.2 Å². The Morgan fingerprint density at radius 3 is 2.40 bits per heavy atom. The second-order valence-electron chi connectivity index (χ2n) is 9.06. The fourth-order valence-electron chi connectivity index (χ4n) is 4.40. The van der Waals surface area contributed by atoms with E-state index < -0.39 is 29.9 Å². The molecule has 35 heavy (non-hydrogen) atoms. The number of ether oxygens (including phenoxy) is 1. The number of nitrogens with zero attached hydrogens (tertiary/aromatic N) is 2. The number of rotatable bonds is 9. The van der Waals surface area contributed by atoms with Crippen LogP contribution in [-0.4, -0.2) is 43.8 Å². The highest BCUT2D eigenvalue weighted by Crippen LogP contribution is 2.29. The van der Waals surface area contributed by atoms with Crippen LogP contribution in [0.15, 0.2) is 72.2 Å². The Balaban J connectivity index is 2.03. The van der Waals surface area contributed by atoms with Gasteiger partial charge in [0, 0.05) is 18.2 Å². The van der Waals surface area contributed by atoms with Crippen LogP contribution in [0.2, 0.25) is 0 Å². The van der Waals surface area contributed by atoms with Crippen molar-refractivity contribution in [2.75, 3.05) is 19.1 Å². The number of anilines is 1. The summed E-state index contributed by atoms with van der Waals surface area (Å²) in [5.41, 5.74) is 2.94. The van der Waals surface area contributed by atoms with Gasteiger partial charge in [-0.05, 0) is 24.8 Å². The van der Waals surface area contributed by atoms with Gasteiger partial charge in [0.25, 0.3) is 5.91 Å². The van der Waals surface area contributed by atoms with Crippen molar-refractivity contribution in [1.29, 1.82) is 0 Å². The van der Waals surface area contributed by atoms with Gasteiger partial charge in [-0.1, -0.05) is 68.5 Å². The summed E-state index contributed by atoms with van der Waals surface area (Å²) in [6, 6.07) is 17.1. The van der Waals surface area contributed by atoms with Crippen LogP contribution in [0, 0.1) is 17.8 Å². The first-order chi connectivity index (χ1) is 16.8. The molecule has 0 saturated carbocycles. The first-order valence-corrected chi connectivity index (χ1v) is 11.8. The van der Waals surface area contributed by atoms with Crippen molar-refractivity contribution in [1.82, 2.24) is 5.32 Å². The molecule has 0 fully saturated rings. The number of hydrogen-bond acceptors (Lipinski definition) is 5. The SMILES string of the molecule is C=CC[C@H](C(=O)OC)[C@@H](CC(C)C)C(=O)NC1N=C(c2ccccc2)c2ccccc2N(C)C1=O. The molecule has 7 heteroatoms. The first-order valence-electron chi connectivity index (χ1n) is 11.8. The van der Waals surface area contributed by atoms with E-state index in [-0.39, 0.29) is 11.8 Å². The largest absolute Gasteiger partial charge is 0.469 e. The molecule has 1 unspecified atom stereocenters. The molecule has 0 bridgehead atoms. The molecule has 0 spiro atoms. The van der Waals surface area contributed by atoms with Gasteiger partial charge in [0.2, 0.25) is 12.1 Å². The number of carbonyl (C=O) groups is 3. The smallest absolute Gasteiger partial charge is 0.309 e. The molecule has 1 aliphatic rings. The molecule has 2 aromatic carbocycles. The standard InChI is InChI=1S/C28H33N3O4/c1-6-12-20(28(34)35-5)22(17-18(2)3)26(32)30-25-27(33)31(4)23-16-11-10-15-21(23)24(29-25)19-13-8-7-9-14-19/h6-11,13-16,18,20,22,25H,1,12,17H2,2-5H3,(H,30,32)/t20-,22+,25?/m0/s1. The van der Waals surface area contributed by atoms with E-state index in [2.05, 4.69) is 11.9 Å². The van der Waals surface area contributed by atoms with Crippen LogP contribution in [0.1, 0.15) is 37.8 Å². The minimum Gasteiger partial charge on any atom is -0.469 e. The Morgan fingerprint density at radius 1 is 1.11 bits per heavy atom. The van der Waals surface area contributed by atoms with E-state index in [1.54, 1.807) is 13.1 Å². The highest BCUT2D eigenvalue weighted by atomic mass is 16.5. The molecule has 1 heterocycles. The number of fused-ring (bicyclic) bond motifs is 1. The van der Waals surface area contributed by atoms with Gasteiger partial charge in [0.1, 0.15) is 0 Å². The molecule has 3 atom stereocenters. The van der Waals surface area contributed by atoms with Crippen molar-refractivity contribution in [2.24, 2.45) is 22.7 Å². The molecule has 2 aromatic rings. The minimum atomic E-state index is -1.15. The topological polar surface area (TPSA) is 88.1 Å². The highest BCUT2D eigenvalue weighted by molar-refractivity contribution is 6.20. The number of methoxy groups -OCH3 is 1. The summed E-state index contributed by atoms with van der Waals surface area (Å²) in [4.78, 5) is 45.8. The number of benzodiazepines with no additional fused rings is 1. The number of para-hydroxylation sites is 1. The van der Waals surface area contributed by atoms with E-state index in [9.17, 15) is 14.4 Å². The third kappa shape index (κ3) is 5.85. The second-order valence-corrected chi connectivity index (χ2v) is 9.06. The van der Waals surface area contributed by atoms with Crippen molar-refractivity contribution in [3.05, 3.63) is 78.4 Å². The molecule has 2 amide bonds. The van der Waals surface area contributed by atoms with Crippen LogP contribution in [0.4, 0.5) is 5.69 Å². The van der Waals surface area contributed by atoms with E-state index in [0.717, 1.165) is 11.1 Å². The maximum atomic E-state index is 13.6. The third-order valence-corrected chi connectivity index (χ3v) is 6.14. The fraction of sp³-hybridized carbons (Fsp3) is 0.357. The van der Waals surface area contributed by atoms with Crippen molar-refractivity contribution in [3.63, 3.8) is 0 Å². The van der Waals surface area contributed by atoms with E-state index in [0.29, 0.717) is 24.2 Å². The number of carbonyl (C=O) groups excluding carboxylic acids is 3. The number of amides is 2. The summed E-state index contributed by atoms with van der Waals surface area (Å²) in [6.07, 6.45) is 1.20. The highest BCUT2D eigenvalue weighted by Gasteiger charge is 2.37. The van der Waals surface area contributed by atoms with Gasteiger partial charge in [-0.15, -0.1) is 6.58 Å². The van der Waals surface area contributed by atoms with Crippen molar-refractivity contribution in [3.8, 4) is 0 Å². The lowest BCUT2D eigenvalue weighted by Crippen LogP contribution is -2.49. The monoisotopic (exact) mass is 475 g/mol. The van der Waals surface area contributed by atoms with E-state index in [4.69, 9.17) is 9.73 Å². The molecular weight excluding hydrogens is 442 g/mol. The van der Waals surface area contributed by atoms with E-state index in [1.807, 2.05) is 68.4 Å². The first kappa shape index (κ1) is 25.9. The van der Waals surface area contributed by atoms with Crippen molar-refractivity contribution in [2.45, 2.75) is 32.9 Å². The van der Waals surface area contributed by atoms with Gasteiger partial charge in [0.05, 0.1) is 30.3 Å². The number of esters is 1. The molecule has 3 rings (SSSR count). The maximum absolute atomic E-state index is 13.6. The van der Waals surface area contributed by atoms with Gasteiger partial charge in [0.15, 0.2) is 0 Å². The zero-order valence-corrected chi connectivity index (χ0v) is 20.7. The summed E-state index contributed by atoms with van der Waals surface area (Å²) in [6.45, 7) is 7.70. The average Bonchev–Trinajstić information content (AvgIpc) is 2.96. The number of nitrogens with one attached hydrogen (secondary N) is 1. The average molecular weight is 476 g/mol. The molecular formula is C28H33N3O4. The van der Waals surface area contributed by atoms with Gasteiger partial charge >= 0.3 is 5.97 Å². The number of benzene rings is 2. The van der Waals surface area contributed by atoms with Gasteiger partial charge in [-0.3, -0.25) is 14.4 Å². The molecule has 0 radical (unpaired) electrons. The summed E-state index contributed by atoms with van der Waals surface area (Å²) < 4.78 is 4.97. The Labute approximate surface area is 206 Å². The molecule has 7 nitrogen and oxygen atoms in total. The van der Waals surface area contributed by atoms with Crippen LogP contribution in [0.5, 0.6) is 0 Å². The van der Waals surface area contributed by atoms with Crippen LogP contribution >= 0.6 is 0 Å². The predicted molar refractivity (Wildman–Crippen MR) is 137 cm³/mol. The second kappa shape index (κ2) is 11.6. The molecule has 184 valence electrons. The Bertz CT molecular complexity index is 1110. The van der Waals surface area contributed by atoms with Crippen LogP contribution in [-0.2, 0) is 19.1 Å². The quantitative estimate of drug-likeness (QED) is 0.439. The normalized spacial score (nSPS) is 17.1. The van der Waals surface area contributed by atoms with Crippen LogP contribution in [0.25, 0.3) is 0 Å². The summed E-state index contributed by atoms with van der Waals surface area (Å²) in [5, 5.41) is 2.84. The lowest BCUT2D eigenvalue weighted by molar-refractivity contribution is -0.151. The van der Waals surface area contributed by atoms with Crippen LogP contribution < -0.4 is 10.2 Å². The maximum Gasteiger partial charge on any atom is 0.309 e. The Hall–Kier alpha value is -3.74. The Morgan fingerprint density at radius 2 is 1.77 bits per heavy atom. The molecule has 0 aromatic heterocycles. The minimum absolute atomic E-state index is 0.142. The number of allylic oxidation sites excluding steroid dienone is 1. The third-order valence-electron chi connectivity index (χ3n) is 6.14. The number of aliphatic imine (C=N–C) groups is 1. The predicted octanol–water partition coefficient (Wildman–Crippen LogP) is 3.97. The van der Waals surface area contributed by atoms with E-state index >= 15 is 0 Å². The van der Waals surface area contributed by atoms with Gasteiger partial charge in [-0.25, -0.2) is 4.99 Å². The van der Waals surface area contributed by atoms with Gasteiger partial charge in [-0.2, -0.15) is 0 Å². The number of hydrogen-bond donors (Lipinski definition) is 1. The summed E-state index contributed by atoms with van der Waals surface area (Å²) in [7, 11) is 2.98. The molecule has 0 saturated heterocycles. The van der Waals surface area contributed by atoms with Crippen LogP contribution in [0.3, 0.4) is 0 Å².